The van der Waals surface area contributed by atoms with Crippen LogP contribution in [0, 0.1) is 5.41 Å². The molecule has 2 atom stereocenters. The molecule has 20 heavy (non-hydrogen) atoms. The van der Waals surface area contributed by atoms with Gasteiger partial charge in [0.1, 0.15) is 12.6 Å². The Balaban J connectivity index is 1.89. The van der Waals surface area contributed by atoms with Crippen LogP contribution < -0.4 is 5.32 Å². The van der Waals surface area contributed by atoms with Gasteiger partial charge in [0.15, 0.2) is 0 Å². The van der Waals surface area contributed by atoms with Crippen LogP contribution in [0.3, 0.4) is 0 Å². The molecule has 2 saturated heterocycles. The Labute approximate surface area is 117 Å². The highest BCUT2D eigenvalue weighted by Crippen LogP contribution is 2.35. The first-order valence-electron chi connectivity index (χ1n) is 6.88. The predicted molar refractivity (Wildman–Crippen MR) is 73.0 cm³/mol. The molecule has 1 aromatic rings. The maximum Gasteiger partial charge on any atom is 0.417 e. The van der Waals surface area contributed by atoms with E-state index in [1.807, 2.05) is 37.3 Å². The van der Waals surface area contributed by atoms with Gasteiger partial charge in [0.25, 0.3) is 0 Å². The van der Waals surface area contributed by atoms with Crippen molar-refractivity contribution in [3.8, 4) is 0 Å². The van der Waals surface area contributed by atoms with E-state index in [9.17, 15) is 9.59 Å². The summed E-state index contributed by atoms with van der Waals surface area (Å²) in [6, 6.07) is 9.24. The number of ether oxygens (including phenoxy) is 1. The van der Waals surface area contributed by atoms with Crippen LogP contribution in [-0.2, 0) is 9.53 Å². The molecule has 1 aromatic carbocycles. The molecule has 0 unspecified atom stereocenters. The van der Waals surface area contributed by atoms with Crippen molar-refractivity contribution >= 4 is 12.0 Å². The molecule has 5 nitrogen and oxygen atoms in total. The van der Waals surface area contributed by atoms with Gasteiger partial charge in [-0.1, -0.05) is 30.3 Å². The lowest BCUT2D eigenvalue weighted by atomic mass is 9.87. The van der Waals surface area contributed by atoms with Crippen molar-refractivity contribution in [1.29, 1.82) is 0 Å². The minimum Gasteiger partial charge on any atom is -0.446 e. The first-order valence-corrected chi connectivity index (χ1v) is 6.88. The second kappa shape index (κ2) is 4.90. The number of nitrogens with one attached hydrogen (secondary N) is 1. The number of carbonyl (C=O) groups is 2. The molecule has 2 amide bonds. The number of benzene rings is 1. The minimum atomic E-state index is -0.531. The number of rotatable bonds is 2. The Bertz CT molecular complexity index is 523. The molecule has 0 aliphatic carbocycles. The summed E-state index contributed by atoms with van der Waals surface area (Å²) in [6.45, 7) is 3.55. The van der Waals surface area contributed by atoms with Gasteiger partial charge in [0, 0.05) is 6.54 Å². The molecule has 3 rings (SSSR count). The van der Waals surface area contributed by atoms with E-state index < -0.39 is 11.5 Å². The van der Waals surface area contributed by atoms with E-state index in [-0.39, 0.29) is 18.6 Å². The molecular weight excluding hydrogens is 256 g/mol. The Hall–Kier alpha value is -1.88. The highest BCUT2D eigenvalue weighted by atomic mass is 16.6. The summed E-state index contributed by atoms with van der Waals surface area (Å²) >= 11 is 0. The van der Waals surface area contributed by atoms with Gasteiger partial charge in [-0.3, -0.25) is 4.79 Å². The lowest BCUT2D eigenvalue weighted by Crippen LogP contribution is -2.45. The molecule has 2 heterocycles. The summed E-state index contributed by atoms with van der Waals surface area (Å²) in [4.78, 5) is 26.0. The van der Waals surface area contributed by atoms with Crippen molar-refractivity contribution in [2.75, 3.05) is 19.7 Å². The molecule has 5 heteroatoms. The van der Waals surface area contributed by atoms with Gasteiger partial charge < -0.3 is 10.1 Å². The number of cyclic esters (lactones) is 1. The highest BCUT2D eigenvalue weighted by molar-refractivity contribution is 5.97. The summed E-state index contributed by atoms with van der Waals surface area (Å²) in [7, 11) is 0. The SMILES string of the molecule is C[C@@]1(C(=O)N2C(=O)OC[C@H]2c2ccccc2)CCNC1. The van der Waals surface area contributed by atoms with Crippen LogP contribution in [0.4, 0.5) is 4.79 Å². The first-order chi connectivity index (χ1) is 9.62. The molecule has 1 N–H and O–H groups in total. The van der Waals surface area contributed by atoms with Crippen molar-refractivity contribution in [2.45, 2.75) is 19.4 Å². The van der Waals surface area contributed by atoms with Gasteiger partial charge in [-0.25, -0.2) is 9.69 Å². The summed E-state index contributed by atoms with van der Waals surface area (Å²) in [5, 5.41) is 3.19. The first kappa shape index (κ1) is 13.1. The number of nitrogens with zero attached hydrogens (tertiary/aromatic N) is 1. The number of amides is 2. The van der Waals surface area contributed by atoms with Gasteiger partial charge in [-0.2, -0.15) is 0 Å². The third kappa shape index (κ3) is 2.08. The fourth-order valence-corrected chi connectivity index (χ4v) is 2.86. The Kier molecular flexibility index (Phi) is 3.22. The Morgan fingerprint density at radius 1 is 1.40 bits per heavy atom. The molecule has 0 bridgehead atoms. The zero-order chi connectivity index (χ0) is 14.2. The second-order valence-electron chi connectivity index (χ2n) is 5.67. The van der Waals surface area contributed by atoms with Crippen molar-refractivity contribution in [2.24, 2.45) is 5.41 Å². The molecule has 0 aromatic heterocycles. The second-order valence-corrected chi connectivity index (χ2v) is 5.67. The number of imide groups is 1. The largest absolute Gasteiger partial charge is 0.446 e. The lowest BCUT2D eigenvalue weighted by molar-refractivity contribution is -0.138. The highest BCUT2D eigenvalue weighted by Gasteiger charge is 2.47. The monoisotopic (exact) mass is 274 g/mol. The Morgan fingerprint density at radius 3 is 2.80 bits per heavy atom. The van der Waals surface area contributed by atoms with Crippen molar-refractivity contribution in [1.82, 2.24) is 10.2 Å². The average Bonchev–Trinajstić information content (AvgIpc) is 3.06. The maximum atomic E-state index is 12.7. The van der Waals surface area contributed by atoms with Crippen molar-refractivity contribution in [3.05, 3.63) is 35.9 Å². The smallest absolute Gasteiger partial charge is 0.417 e. The quantitative estimate of drug-likeness (QED) is 0.892. The number of hydrogen-bond donors (Lipinski definition) is 1. The molecule has 2 aliphatic rings. The van der Waals surface area contributed by atoms with Crippen LogP contribution in [0.2, 0.25) is 0 Å². The van der Waals surface area contributed by atoms with Crippen LogP contribution in [0.5, 0.6) is 0 Å². The molecule has 0 saturated carbocycles. The standard InChI is InChI=1S/C15H18N2O3/c1-15(7-8-16-10-15)13(18)17-12(9-20-14(17)19)11-5-3-2-4-6-11/h2-6,12,16H,7-10H2,1H3/t12-,15+/m0/s1. The van der Waals surface area contributed by atoms with Crippen LogP contribution >= 0.6 is 0 Å². The normalized spacial score (nSPS) is 29.6. The van der Waals surface area contributed by atoms with Crippen LogP contribution in [-0.4, -0.2) is 36.6 Å². The molecule has 0 spiro atoms. The van der Waals surface area contributed by atoms with E-state index >= 15 is 0 Å². The summed E-state index contributed by atoms with van der Waals surface area (Å²) < 4.78 is 5.10. The number of carbonyl (C=O) groups excluding carboxylic acids is 2. The average molecular weight is 274 g/mol. The van der Waals surface area contributed by atoms with Crippen LogP contribution in [0.25, 0.3) is 0 Å². The van der Waals surface area contributed by atoms with Crippen molar-refractivity contribution in [3.63, 3.8) is 0 Å². The van der Waals surface area contributed by atoms with E-state index in [2.05, 4.69) is 5.32 Å². The van der Waals surface area contributed by atoms with E-state index in [0.717, 1.165) is 18.5 Å². The van der Waals surface area contributed by atoms with E-state index in [1.54, 1.807) is 0 Å². The van der Waals surface area contributed by atoms with Gasteiger partial charge in [0.05, 0.1) is 5.41 Å². The van der Waals surface area contributed by atoms with Gasteiger partial charge in [-0.05, 0) is 25.5 Å². The zero-order valence-electron chi connectivity index (χ0n) is 11.5. The van der Waals surface area contributed by atoms with Gasteiger partial charge in [0.2, 0.25) is 5.91 Å². The van der Waals surface area contributed by atoms with Crippen LogP contribution in [0.15, 0.2) is 30.3 Å². The third-order valence-electron chi connectivity index (χ3n) is 4.16. The Morgan fingerprint density at radius 2 is 2.15 bits per heavy atom. The van der Waals surface area contributed by atoms with E-state index in [4.69, 9.17) is 4.74 Å². The topological polar surface area (TPSA) is 58.6 Å². The zero-order valence-corrected chi connectivity index (χ0v) is 11.5. The van der Waals surface area contributed by atoms with Gasteiger partial charge >= 0.3 is 6.09 Å². The van der Waals surface area contributed by atoms with E-state index in [0.29, 0.717) is 6.54 Å². The molecule has 0 radical (unpaired) electrons. The number of hydrogen-bond acceptors (Lipinski definition) is 4. The maximum absolute atomic E-state index is 12.7. The lowest BCUT2D eigenvalue weighted by Gasteiger charge is -2.29. The molecule has 2 fully saturated rings. The van der Waals surface area contributed by atoms with Gasteiger partial charge in [-0.15, -0.1) is 0 Å². The summed E-state index contributed by atoms with van der Waals surface area (Å²) in [5.41, 5.74) is 0.414. The van der Waals surface area contributed by atoms with E-state index in [1.165, 1.54) is 4.90 Å². The molecular formula is C15H18N2O3. The van der Waals surface area contributed by atoms with Crippen LogP contribution in [0.1, 0.15) is 24.9 Å². The molecule has 2 aliphatic heterocycles. The fourth-order valence-electron chi connectivity index (χ4n) is 2.86. The fraction of sp³-hybridized carbons (Fsp3) is 0.467. The summed E-state index contributed by atoms with van der Waals surface area (Å²) in [6.07, 6.45) is 0.217. The summed E-state index contributed by atoms with van der Waals surface area (Å²) in [5.74, 6) is -0.140. The predicted octanol–water partition coefficient (Wildman–Crippen LogP) is 1.71. The van der Waals surface area contributed by atoms with Crippen molar-refractivity contribution < 1.29 is 14.3 Å². The third-order valence-corrected chi connectivity index (χ3v) is 4.16. The minimum absolute atomic E-state index is 0.140. The molecule has 106 valence electrons.